The second kappa shape index (κ2) is 9.72. The average molecular weight is 513 g/mol. The lowest BCUT2D eigenvalue weighted by atomic mass is 9.79. The maximum Gasteiger partial charge on any atom is 0.242 e. The van der Waals surface area contributed by atoms with Crippen LogP contribution in [0.1, 0.15) is 43.9 Å². The Morgan fingerprint density at radius 2 is 2.03 bits per heavy atom. The number of halogens is 1. The SMILES string of the molecule is CC(CC1CC1)Oc1cccc(C2(c3ccsc3)CC(=O)C(Sc3ccccc3Cl)C(=O)N2)n1. The molecule has 2 fully saturated rings. The molecule has 2 aromatic heterocycles. The van der Waals surface area contributed by atoms with Crippen molar-refractivity contribution in [1.29, 1.82) is 0 Å². The minimum absolute atomic E-state index is 0.0614. The van der Waals surface area contributed by atoms with Crippen molar-refractivity contribution in [3.8, 4) is 5.88 Å². The van der Waals surface area contributed by atoms with Crippen molar-refractivity contribution in [2.75, 3.05) is 0 Å². The normalized spacial score (nSPS) is 23.4. The quantitative estimate of drug-likeness (QED) is 0.383. The fourth-order valence-electron chi connectivity index (χ4n) is 4.39. The van der Waals surface area contributed by atoms with E-state index in [0.29, 0.717) is 21.5 Å². The first-order chi connectivity index (χ1) is 16.4. The number of rotatable bonds is 8. The molecule has 1 saturated carbocycles. The van der Waals surface area contributed by atoms with Crippen LogP contribution in [0.5, 0.6) is 5.88 Å². The molecule has 0 radical (unpaired) electrons. The topological polar surface area (TPSA) is 68.3 Å². The largest absolute Gasteiger partial charge is 0.475 e. The average Bonchev–Trinajstić information content (AvgIpc) is 3.44. The molecule has 1 aliphatic heterocycles. The number of pyridine rings is 1. The van der Waals surface area contributed by atoms with E-state index in [4.69, 9.17) is 21.3 Å². The van der Waals surface area contributed by atoms with E-state index in [1.54, 1.807) is 6.07 Å². The Labute approximate surface area is 212 Å². The number of ether oxygens (including phenoxy) is 1. The summed E-state index contributed by atoms with van der Waals surface area (Å²) in [6.45, 7) is 2.06. The highest BCUT2D eigenvalue weighted by atomic mass is 35.5. The van der Waals surface area contributed by atoms with Crippen LogP contribution >= 0.6 is 34.7 Å². The number of thioether (sulfide) groups is 1. The minimum atomic E-state index is -1.04. The number of carbonyl (C=O) groups is 2. The Balaban J connectivity index is 1.44. The van der Waals surface area contributed by atoms with Gasteiger partial charge in [0.05, 0.1) is 16.8 Å². The second-order valence-electron chi connectivity index (χ2n) is 8.95. The van der Waals surface area contributed by atoms with Crippen LogP contribution in [0.4, 0.5) is 0 Å². The van der Waals surface area contributed by atoms with Crippen LogP contribution in [0.3, 0.4) is 0 Å². The van der Waals surface area contributed by atoms with Gasteiger partial charge in [0.15, 0.2) is 5.78 Å². The molecule has 1 saturated heterocycles. The number of ketones is 1. The molecule has 3 heterocycles. The van der Waals surface area contributed by atoms with Crippen molar-refractivity contribution in [2.24, 2.45) is 5.92 Å². The Kier molecular flexibility index (Phi) is 6.69. The number of nitrogens with zero attached hydrogens (tertiary/aromatic N) is 1. The first-order valence-electron chi connectivity index (χ1n) is 11.4. The van der Waals surface area contributed by atoms with E-state index in [1.807, 2.05) is 53.2 Å². The molecular weight excluding hydrogens is 488 g/mol. The standard InChI is InChI=1S/C26H25ClN2O3S2/c1-16(13-17-9-10-17)32-23-8-4-7-22(28-23)26(18-11-12-33-15-18)14-20(30)24(25(31)29-26)34-21-6-3-2-5-19(21)27/h2-8,11-12,15-17,24H,9-10,13-14H2,1H3,(H,29,31). The second-order valence-corrected chi connectivity index (χ2v) is 11.3. The molecule has 5 nitrogen and oxygen atoms in total. The molecule has 3 aromatic rings. The molecule has 34 heavy (non-hydrogen) atoms. The van der Waals surface area contributed by atoms with Crippen molar-refractivity contribution in [2.45, 2.75) is 54.4 Å². The summed E-state index contributed by atoms with van der Waals surface area (Å²) in [6.07, 6.45) is 3.71. The highest BCUT2D eigenvalue weighted by Crippen LogP contribution is 2.41. The van der Waals surface area contributed by atoms with Gasteiger partial charge in [0.1, 0.15) is 10.8 Å². The number of aromatic nitrogens is 1. The van der Waals surface area contributed by atoms with E-state index < -0.39 is 10.8 Å². The van der Waals surface area contributed by atoms with Gasteiger partial charge in [-0.1, -0.05) is 42.6 Å². The van der Waals surface area contributed by atoms with E-state index >= 15 is 0 Å². The number of carbonyl (C=O) groups excluding carboxylic acids is 2. The van der Waals surface area contributed by atoms with Gasteiger partial charge < -0.3 is 10.1 Å². The smallest absolute Gasteiger partial charge is 0.242 e. The van der Waals surface area contributed by atoms with Crippen LogP contribution in [0.25, 0.3) is 0 Å². The Morgan fingerprint density at radius 1 is 1.21 bits per heavy atom. The third-order valence-corrected chi connectivity index (χ3v) is 8.69. The number of nitrogens with one attached hydrogen (secondary N) is 1. The number of benzene rings is 1. The maximum atomic E-state index is 13.4. The summed E-state index contributed by atoms with van der Waals surface area (Å²) < 4.78 is 6.10. The fraction of sp³-hybridized carbons (Fsp3) is 0.346. The van der Waals surface area contributed by atoms with Crippen LogP contribution in [0, 0.1) is 5.92 Å². The zero-order valence-electron chi connectivity index (χ0n) is 18.7. The summed E-state index contributed by atoms with van der Waals surface area (Å²) in [5.74, 6) is 0.755. The summed E-state index contributed by atoms with van der Waals surface area (Å²) in [5.41, 5.74) is 0.408. The lowest BCUT2D eigenvalue weighted by molar-refractivity contribution is -0.133. The molecule has 1 N–H and O–H groups in total. The number of piperidine rings is 1. The van der Waals surface area contributed by atoms with Gasteiger partial charge >= 0.3 is 0 Å². The lowest BCUT2D eigenvalue weighted by Crippen LogP contribution is -2.58. The zero-order valence-corrected chi connectivity index (χ0v) is 21.1. The van der Waals surface area contributed by atoms with E-state index in [-0.39, 0.29) is 24.2 Å². The third kappa shape index (κ3) is 4.88. The molecule has 8 heteroatoms. The van der Waals surface area contributed by atoms with Gasteiger partial charge in [0.2, 0.25) is 11.8 Å². The van der Waals surface area contributed by atoms with E-state index in [0.717, 1.165) is 17.9 Å². The highest BCUT2D eigenvalue weighted by molar-refractivity contribution is 8.01. The van der Waals surface area contributed by atoms with Gasteiger partial charge in [-0.15, -0.1) is 11.8 Å². The molecule has 0 spiro atoms. The zero-order chi connectivity index (χ0) is 23.7. The maximum absolute atomic E-state index is 13.4. The van der Waals surface area contributed by atoms with E-state index in [9.17, 15) is 9.59 Å². The molecule has 176 valence electrons. The molecule has 2 aliphatic rings. The van der Waals surface area contributed by atoms with Crippen molar-refractivity contribution in [3.63, 3.8) is 0 Å². The molecule has 3 atom stereocenters. The highest BCUT2D eigenvalue weighted by Gasteiger charge is 2.48. The van der Waals surface area contributed by atoms with Gasteiger partial charge in [-0.05, 0) is 59.9 Å². The summed E-state index contributed by atoms with van der Waals surface area (Å²) in [6, 6.07) is 14.7. The predicted molar refractivity (Wildman–Crippen MR) is 136 cm³/mol. The van der Waals surface area contributed by atoms with E-state index in [2.05, 4.69) is 12.2 Å². The minimum Gasteiger partial charge on any atom is -0.475 e. The van der Waals surface area contributed by atoms with Crippen LogP contribution in [0.2, 0.25) is 5.02 Å². The third-order valence-electron chi connectivity index (χ3n) is 6.25. The molecule has 0 bridgehead atoms. The van der Waals surface area contributed by atoms with Gasteiger partial charge in [-0.25, -0.2) is 4.98 Å². The number of Topliss-reactive ketones (excluding diaryl/α,β-unsaturated/α-hetero) is 1. The number of hydrogen-bond donors (Lipinski definition) is 1. The molecule has 5 rings (SSSR count). The monoisotopic (exact) mass is 512 g/mol. The summed E-state index contributed by atoms with van der Waals surface area (Å²) in [7, 11) is 0. The molecular formula is C26H25ClN2O3S2. The Bertz CT molecular complexity index is 1180. The number of thiophene rings is 1. The van der Waals surface area contributed by atoms with E-state index in [1.165, 1.54) is 35.9 Å². The van der Waals surface area contributed by atoms with Crippen LogP contribution < -0.4 is 10.1 Å². The summed E-state index contributed by atoms with van der Waals surface area (Å²) >= 11 is 8.99. The molecule has 1 amide bonds. The van der Waals surface area contributed by atoms with Gasteiger partial charge in [-0.3, -0.25) is 9.59 Å². The molecule has 1 aliphatic carbocycles. The van der Waals surface area contributed by atoms with Gasteiger partial charge in [-0.2, -0.15) is 11.3 Å². The first-order valence-corrected chi connectivity index (χ1v) is 13.6. The summed E-state index contributed by atoms with van der Waals surface area (Å²) in [5, 5.41) is 6.71. The van der Waals surface area contributed by atoms with Gasteiger partial charge in [0.25, 0.3) is 0 Å². The van der Waals surface area contributed by atoms with Crippen LogP contribution in [0.15, 0.2) is 64.2 Å². The fourth-order valence-corrected chi connectivity index (χ4v) is 6.36. The summed E-state index contributed by atoms with van der Waals surface area (Å²) in [4.78, 5) is 32.2. The Morgan fingerprint density at radius 3 is 2.74 bits per heavy atom. The van der Waals surface area contributed by atoms with Crippen molar-refractivity contribution in [3.05, 3.63) is 75.6 Å². The van der Waals surface area contributed by atoms with Crippen molar-refractivity contribution in [1.82, 2.24) is 10.3 Å². The number of hydrogen-bond acceptors (Lipinski definition) is 6. The van der Waals surface area contributed by atoms with Crippen LogP contribution in [-0.2, 0) is 15.1 Å². The van der Waals surface area contributed by atoms with Gasteiger partial charge in [0, 0.05) is 17.4 Å². The van der Waals surface area contributed by atoms with Crippen molar-refractivity contribution < 1.29 is 14.3 Å². The van der Waals surface area contributed by atoms with Crippen LogP contribution in [-0.4, -0.2) is 28.0 Å². The number of amides is 1. The lowest BCUT2D eigenvalue weighted by Gasteiger charge is -2.39. The molecule has 1 aromatic carbocycles. The Hall–Kier alpha value is -2.35. The first kappa shape index (κ1) is 23.4. The van der Waals surface area contributed by atoms with Crippen molar-refractivity contribution >= 4 is 46.4 Å². The predicted octanol–water partition coefficient (Wildman–Crippen LogP) is 5.86. The molecule has 3 unspecified atom stereocenters.